The Morgan fingerprint density at radius 2 is 1.65 bits per heavy atom. The quantitative estimate of drug-likeness (QED) is 0.799. The number of nitrogens with zero attached hydrogens (tertiary/aromatic N) is 1. The lowest BCUT2D eigenvalue weighted by Gasteiger charge is -2.36. The van der Waals surface area contributed by atoms with Crippen LogP contribution in [0.25, 0.3) is 10.8 Å². The van der Waals surface area contributed by atoms with Crippen LogP contribution in [-0.2, 0) is 4.79 Å². The monoisotopic (exact) mass is 431 g/mol. The molecule has 2 saturated carbocycles. The molecule has 2 aliphatic carbocycles. The molecule has 5 nitrogen and oxygen atoms in total. The Morgan fingerprint density at radius 3 is 2.29 bits per heavy atom. The van der Waals surface area contributed by atoms with Crippen molar-refractivity contribution in [1.29, 1.82) is 0 Å². The molecule has 166 valence electrons. The van der Waals surface area contributed by atoms with Gasteiger partial charge in [-0.3, -0.25) is 4.79 Å². The van der Waals surface area contributed by atoms with Crippen molar-refractivity contribution in [1.82, 2.24) is 4.90 Å². The highest BCUT2D eigenvalue weighted by atomic mass is 19.3. The number of methoxy groups -OCH3 is 1. The second kappa shape index (κ2) is 7.62. The zero-order valence-electron chi connectivity index (χ0n) is 17.5. The number of aliphatic hydroxyl groups is 1. The predicted molar refractivity (Wildman–Crippen MR) is 111 cm³/mol. The van der Waals surface area contributed by atoms with Crippen molar-refractivity contribution in [3.8, 4) is 11.5 Å². The molecule has 0 bridgehead atoms. The van der Waals surface area contributed by atoms with Crippen LogP contribution in [-0.4, -0.2) is 54.2 Å². The van der Waals surface area contributed by atoms with Gasteiger partial charge in [-0.15, -0.1) is 0 Å². The van der Waals surface area contributed by atoms with E-state index in [1.54, 1.807) is 12.0 Å². The third kappa shape index (κ3) is 3.95. The zero-order chi connectivity index (χ0) is 21.8. The molecule has 0 spiro atoms. The summed E-state index contributed by atoms with van der Waals surface area (Å²) in [5.74, 6) is -1.48. The van der Waals surface area contributed by atoms with Gasteiger partial charge in [-0.05, 0) is 59.7 Å². The molecule has 3 fully saturated rings. The van der Waals surface area contributed by atoms with Gasteiger partial charge >= 0.3 is 0 Å². The number of halogens is 2. The van der Waals surface area contributed by atoms with Gasteiger partial charge in [0.05, 0.1) is 13.2 Å². The minimum atomic E-state index is -2.69. The van der Waals surface area contributed by atoms with Crippen LogP contribution in [0.4, 0.5) is 8.78 Å². The summed E-state index contributed by atoms with van der Waals surface area (Å²) in [7, 11) is 1.63. The molecule has 0 unspecified atom stereocenters. The van der Waals surface area contributed by atoms with E-state index in [0.717, 1.165) is 16.5 Å². The SMILES string of the molecule is COc1ccc2cc(O[C@@H]3C[C@@H]4CN(C(=O)C5CC(F)(F)C5)C[C@@H]4C[C@H]3O)ccc2c1. The Labute approximate surface area is 179 Å². The average Bonchev–Trinajstić information content (AvgIpc) is 3.14. The number of alkyl halides is 2. The normalized spacial score (nSPS) is 30.0. The van der Waals surface area contributed by atoms with E-state index in [1.165, 1.54) is 0 Å². The van der Waals surface area contributed by atoms with Crippen LogP contribution < -0.4 is 9.47 Å². The number of fused-ring (bicyclic) bond motifs is 2. The highest BCUT2D eigenvalue weighted by Crippen LogP contribution is 2.45. The Bertz CT molecular complexity index is 989. The Hall–Kier alpha value is -2.41. The zero-order valence-corrected chi connectivity index (χ0v) is 17.5. The summed E-state index contributed by atoms with van der Waals surface area (Å²) >= 11 is 0. The van der Waals surface area contributed by atoms with Gasteiger partial charge < -0.3 is 19.5 Å². The van der Waals surface area contributed by atoms with Gasteiger partial charge in [0.1, 0.15) is 17.6 Å². The first-order valence-corrected chi connectivity index (χ1v) is 10.9. The number of hydrogen-bond donors (Lipinski definition) is 1. The summed E-state index contributed by atoms with van der Waals surface area (Å²) in [5.41, 5.74) is 0. The minimum absolute atomic E-state index is 0.155. The topological polar surface area (TPSA) is 59.0 Å². The number of aliphatic hydroxyl groups excluding tert-OH is 1. The number of ether oxygens (including phenoxy) is 2. The van der Waals surface area contributed by atoms with Gasteiger partial charge in [-0.2, -0.15) is 0 Å². The molecule has 2 aromatic rings. The largest absolute Gasteiger partial charge is 0.497 e. The third-order valence-corrected chi connectivity index (χ3v) is 7.14. The van der Waals surface area contributed by atoms with E-state index in [9.17, 15) is 18.7 Å². The van der Waals surface area contributed by atoms with Crippen LogP contribution in [0.15, 0.2) is 36.4 Å². The molecular formula is C24H27F2NO4. The molecule has 1 amide bonds. The van der Waals surface area contributed by atoms with Gasteiger partial charge in [-0.1, -0.05) is 12.1 Å². The number of rotatable bonds is 4. The fraction of sp³-hybridized carbons (Fsp3) is 0.542. The number of carbonyl (C=O) groups is 1. The molecule has 1 saturated heterocycles. The number of carbonyl (C=O) groups excluding carboxylic acids is 1. The number of amides is 1. The molecule has 4 atom stereocenters. The fourth-order valence-corrected chi connectivity index (χ4v) is 5.37. The summed E-state index contributed by atoms with van der Waals surface area (Å²) in [6, 6.07) is 11.6. The number of benzene rings is 2. The predicted octanol–water partition coefficient (Wildman–Crippen LogP) is 3.87. The molecule has 1 aliphatic heterocycles. The van der Waals surface area contributed by atoms with E-state index in [1.807, 2.05) is 36.4 Å². The van der Waals surface area contributed by atoms with Crippen molar-refractivity contribution in [2.24, 2.45) is 17.8 Å². The lowest BCUT2D eigenvalue weighted by atomic mass is 9.78. The lowest BCUT2D eigenvalue weighted by molar-refractivity contribution is -0.159. The number of likely N-dealkylation sites (tertiary alicyclic amines) is 1. The van der Waals surface area contributed by atoms with E-state index in [-0.39, 0.29) is 36.7 Å². The van der Waals surface area contributed by atoms with Crippen molar-refractivity contribution >= 4 is 16.7 Å². The van der Waals surface area contributed by atoms with Crippen LogP contribution in [0.2, 0.25) is 0 Å². The van der Waals surface area contributed by atoms with E-state index in [4.69, 9.17) is 9.47 Å². The summed E-state index contributed by atoms with van der Waals surface area (Å²) < 4.78 is 37.7. The summed E-state index contributed by atoms with van der Waals surface area (Å²) in [6.07, 6.45) is -0.419. The molecule has 31 heavy (non-hydrogen) atoms. The minimum Gasteiger partial charge on any atom is -0.497 e. The fourth-order valence-electron chi connectivity index (χ4n) is 5.37. The van der Waals surface area contributed by atoms with Crippen molar-refractivity contribution in [2.75, 3.05) is 20.2 Å². The van der Waals surface area contributed by atoms with Crippen LogP contribution in [0.1, 0.15) is 25.7 Å². The van der Waals surface area contributed by atoms with Gasteiger partial charge in [0.2, 0.25) is 11.8 Å². The van der Waals surface area contributed by atoms with Crippen LogP contribution >= 0.6 is 0 Å². The third-order valence-electron chi connectivity index (χ3n) is 7.14. The number of hydrogen-bond acceptors (Lipinski definition) is 4. The molecule has 0 radical (unpaired) electrons. The maximum Gasteiger partial charge on any atom is 0.249 e. The van der Waals surface area contributed by atoms with Crippen molar-refractivity contribution in [2.45, 2.75) is 43.8 Å². The Balaban J connectivity index is 1.23. The molecule has 3 aliphatic rings. The second-order valence-corrected chi connectivity index (χ2v) is 9.29. The summed E-state index contributed by atoms with van der Waals surface area (Å²) in [6.45, 7) is 1.11. The van der Waals surface area contributed by atoms with Crippen LogP contribution in [0.3, 0.4) is 0 Å². The molecule has 7 heteroatoms. The summed E-state index contributed by atoms with van der Waals surface area (Å²) in [4.78, 5) is 14.3. The highest BCUT2D eigenvalue weighted by molar-refractivity contribution is 5.85. The van der Waals surface area contributed by atoms with E-state index < -0.39 is 17.9 Å². The molecule has 5 rings (SSSR count). The van der Waals surface area contributed by atoms with Gasteiger partial charge in [0.15, 0.2) is 0 Å². The van der Waals surface area contributed by atoms with Crippen LogP contribution in [0.5, 0.6) is 11.5 Å². The molecular weight excluding hydrogens is 404 g/mol. The molecule has 0 aromatic heterocycles. The standard InChI is InChI=1S/C24H27F2NO4/c1-30-19-4-2-15-7-20(5-3-14(15)6-19)31-22-9-17-13-27(12-16(17)8-21(22)28)23(29)18-10-24(25,26)11-18/h2-7,16-18,21-22,28H,8-13H2,1H3/t16-,17+,21+,22+/m0/s1. The first kappa shape index (κ1) is 20.5. The van der Waals surface area contributed by atoms with Crippen LogP contribution in [0, 0.1) is 17.8 Å². The Morgan fingerprint density at radius 1 is 1.03 bits per heavy atom. The van der Waals surface area contributed by atoms with Crippen molar-refractivity contribution in [3.63, 3.8) is 0 Å². The first-order chi connectivity index (χ1) is 14.8. The lowest BCUT2D eigenvalue weighted by Crippen LogP contribution is -2.46. The summed E-state index contributed by atoms with van der Waals surface area (Å²) in [5, 5.41) is 12.7. The first-order valence-electron chi connectivity index (χ1n) is 10.9. The van der Waals surface area contributed by atoms with Crippen molar-refractivity contribution in [3.05, 3.63) is 36.4 Å². The van der Waals surface area contributed by atoms with E-state index in [0.29, 0.717) is 31.7 Å². The molecule has 1 heterocycles. The van der Waals surface area contributed by atoms with Gasteiger partial charge in [0.25, 0.3) is 0 Å². The van der Waals surface area contributed by atoms with E-state index >= 15 is 0 Å². The average molecular weight is 431 g/mol. The maximum absolute atomic E-state index is 13.1. The maximum atomic E-state index is 13.1. The smallest absolute Gasteiger partial charge is 0.249 e. The Kier molecular flexibility index (Phi) is 5.04. The van der Waals surface area contributed by atoms with Crippen molar-refractivity contribution < 1.29 is 28.2 Å². The molecule has 2 aromatic carbocycles. The van der Waals surface area contributed by atoms with Gasteiger partial charge in [0, 0.05) is 31.8 Å². The second-order valence-electron chi connectivity index (χ2n) is 9.29. The van der Waals surface area contributed by atoms with Gasteiger partial charge in [-0.25, -0.2) is 8.78 Å². The van der Waals surface area contributed by atoms with E-state index in [2.05, 4.69) is 0 Å². The molecule has 1 N–H and O–H groups in total. The highest BCUT2D eigenvalue weighted by Gasteiger charge is 2.52.